The maximum absolute atomic E-state index is 11.8. The van der Waals surface area contributed by atoms with Gasteiger partial charge >= 0.3 is 0 Å². The van der Waals surface area contributed by atoms with Gasteiger partial charge in [-0.1, -0.05) is 0 Å². The Kier molecular flexibility index (Phi) is 3.54. The van der Waals surface area contributed by atoms with Gasteiger partial charge in [0.1, 0.15) is 4.33 Å². The Morgan fingerprint density at radius 2 is 1.82 bits per heavy atom. The number of carbonyl (C=O) groups is 1. The van der Waals surface area contributed by atoms with Crippen molar-refractivity contribution in [2.24, 2.45) is 5.41 Å². The van der Waals surface area contributed by atoms with E-state index < -0.39 is 24.3 Å². The quantitative estimate of drug-likeness (QED) is 0.801. The topological polar surface area (TPSA) is 63.2 Å². The van der Waals surface area contributed by atoms with E-state index in [1.807, 2.05) is 0 Å². The summed E-state index contributed by atoms with van der Waals surface area (Å²) >= 11 is 11.7. The fourth-order valence-electron chi connectivity index (χ4n) is 1.27. The molecule has 7 heteroatoms. The smallest absolute Gasteiger partial charge is 0.229 e. The van der Waals surface area contributed by atoms with Crippen LogP contribution < -0.4 is 5.32 Å². The summed E-state index contributed by atoms with van der Waals surface area (Å²) < 4.78 is 20.9. The molecule has 100 valence electrons. The zero-order valence-corrected chi connectivity index (χ0v) is 12.6. The van der Waals surface area contributed by atoms with Crippen LogP contribution in [0.25, 0.3) is 0 Å². The van der Waals surface area contributed by atoms with Crippen LogP contribution in [0.1, 0.15) is 27.2 Å². The van der Waals surface area contributed by atoms with Crippen LogP contribution in [-0.4, -0.2) is 36.2 Å². The lowest BCUT2D eigenvalue weighted by Gasteiger charge is -2.24. The molecule has 1 amide bonds. The van der Waals surface area contributed by atoms with E-state index in [2.05, 4.69) is 5.32 Å². The number of hydrogen-bond donors (Lipinski definition) is 1. The highest BCUT2D eigenvalue weighted by Crippen LogP contribution is 2.63. The molecule has 0 radical (unpaired) electrons. The molecule has 1 aliphatic rings. The van der Waals surface area contributed by atoms with Gasteiger partial charge in [0, 0.05) is 12.8 Å². The summed E-state index contributed by atoms with van der Waals surface area (Å²) in [5, 5.41) is 2.60. The molecule has 0 aliphatic heterocycles. The van der Waals surface area contributed by atoms with Crippen molar-refractivity contribution < 1.29 is 13.2 Å². The van der Waals surface area contributed by atoms with Crippen LogP contribution in [0, 0.1) is 5.41 Å². The van der Waals surface area contributed by atoms with Crippen LogP contribution in [0.4, 0.5) is 0 Å². The second-order valence-electron chi connectivity index (χ2n) is 5.43. The summed E-state index contributed by atoms with van der Waals surface area (Å²) in [7, 11) is -3.23. The zero-order valence-electron chi connectivity index (χ0n) is 10.3. The normalized spacial score (nSPS) is 27.6. The van der Waals surface area contributed by atoms with Crippen molar-refractivity contribution in [3.8, 4) is 0 Å². The predicted octanol–water partition coefficient (Wildman–Crippen LogP) is 1.51. The highest BCUT2D eigenvalue weighted by molar-refractivity contribution is 7.92. The van der Waals surface area contributed by atoms with Crippen molar-refractivity contribution in [1.82, 2.24) is 5.32 Å². The largest absolute Gasteiger partial charge is 0.354 e. The maximum atomic E-state index is 11.8. The molecule has 1 aliphatic carbocycles. The Labute approximate surface area is 112 Å². The summed E-state index contributed by atoms with van der Waals surface area (Å²) in [6, 6.07) is 0. The first-order valence-corrected chi connectivity index (χ1v) is 7.84. The van der Waals surface area contributed by atoms with Crippen molar-refractivity contribution in [2.45, 2.75) is 36.3 Å². The summed E-state index contributed by atoms with van der Waals surface area (Å²) in [5.41, 5.74) is -0.816. The van der Waals surface area contributed by atoms with Crippen LogP contribution >= 0.6 is 23.2 Å². The molecule has 1 rings (SSSR count). The standard InChI is InChI=1S/C10H17Cl2NO3S/c1-8(2,17(4,15)16)6-13-7(14)9(3)5-10(9,11)12/h5-6H2,1-4H3,(H,13,14). The van der Waals surface area contributed by atoms with Gasteiger partial charge in [0.15, 0.2) is 9.84 Å². The summed E-state index contributed by atoms with van der Waals surface area (Å²) in [6.07, 6.45) is 1.53. The fourth-order valence-corrected chi connectivity index (χ4v) is 2.31. The Balaban J connectivity index is 2.63. The SMILES string of the molecule is CC1(C(=O)NCC(C)(C)S(C)(=O)=O)CC1(Cl)Cl. The number of alkyl halides is 2. The minimum Gasteiger partial charge on any atom is -0.354 e. The van der Waals surface area contributed by atoms with E-state index in [0.29, 0.717) is 6.42 Å². The van der Waals surface area contributed by atoms with Gasteiger partial charge in [0.05, 0.1) is 10.2 Å². The van der Waals surface area contributed by atoms with E-state index in [1.54, 1.807) is 20.8 Å². The average molecular weight is 302 g/mol. The predicted molar refractivity (Wildman–Crippen MR) is 69.1 cm³/mol. The first-order valence-electron chi connectivity index (χ1n) is 5.19. The molecular formula is C10H17Cl2NO3S. The zero-order chi connectivity index (χ0) is 13.7. The lowest BCUT2D eigenvalue weighted by Crippen LogP contribution is -2.46. The van der Waals surface area contributed by atoms with Crippen LogP contribution in [-0.2, 0) is 14.6 Å². The van der Waals surface area contributed by atoms with Gasteiger partial charge in [-0.15, -0.1) is 23.2 Å². The molecule has 0 aromatic carbocycles. The van der Waals surface area contributed by atoms with E-state index in [0.717, 1.165) is 6.26 Å². The summed E-state index contributed by atoms with van der Waals surface area (Å²) in [5.74, 6) is -0.306. The summed E-state index contributed by atoms with van der Waals surface area (Å²) in [4.78, 5) is 11.8. The van der Waals surface area contributed by atoms with Crippen LogP contribution in [0.2, 0.25) is 0 Å². The number of amides is 1. The van der Waals surface area contributed by atoms with E-state index >= 15 is 0 Å². The molecule has 0 spiro atoms. The molecular weight excluding hydrogens is 285 g/mol. The number of nitrogens with one attached hydrogen (secondary N) is 1. The number of rotatable bonds is 4. The highest BCUT2D eigenvalue weighted by Gasteiger charge is 2.67. The van der Waals surface area contributed by atoms with Crippen molar-refractivity contribution in [3.63, 3.8) is 0 Å². The molecule has 1 atom stereocenters. The number of halogens is 2. The van der Waals surface area contributed by atoms with Crippen LogP contribution in [0.5, 0.6) is 0 Å². The first-order chi connectivity index (χ1) is 7.33. The lowest BCUT2D eigenvalue weighted by atomic mass is 10.1. The van der Waals surface area contributed by atoms with Gasteiger partial charge in [-0.2, -0.15) is 0 Å². The third-order valence-electron chi connectivity index (χ3n) is 3.44. The first kappa shape index (κ1) is 15.1. The van der Waals surface area contributed by atoms with E-state index in [-0.39, 0.29) is 12.5 Å². The lowest BCUT2D eigenvalue weighted by molar-refractivity contribution is -0.125. The Morgan fingerprint density at radius 3 is 2.12 bits per heavy atom. The van der Waals surface area contributed by atoms with Gasteiger partial charge in [-0.3, -0.25) is 4.79 Å². The summed E-state index contributed by atoms with van der Waals surface area (Å²) in [6.45, 7) is 4.83. The number of carbonyl (C=O) groups excluding carboxylic acids is 1. The highest BCUT2D eigenvalue weighted by atomic mass is 35.5. The number of sulfone groups is 1. The monoisotopic (exact) mass is 301 g/mol. The fraction of sp³-hybridized carbons (Fsp3) is 0.900. The molecule has 1 N–H and O–H groups in total. The van der Waals surface area contributed by atoms with Crippen molar-refractivity contribution in [1.29, 1.82) is 0 Å². The maximum Gasteiger partial charge on any atom is 0.229 e. The van der Waals surface area contributed by atoms with Gasteiger partial charge in [0.25, 0.3) is 0 Å². The molecule has 0 aromatic rings. The molecule has 1 saturated carbocycles. The Bertz CT molecular complexity index is 444. The number of hydrogen-bond acceptors (Lipinski definition) is 3. The third-order valence-corrected chi connectivity index (χ3v) is 6.69. The van der Waals surface area contributed by atoms with Crippen molar-refractivity contribution >= 4 is 38.9 Å². The second-order valence-corrected chi connectivity index (χ2v) is 9.56. The second kappa shape index (κ2) is 4.00. The third kappa shape index (κ3) is 2.71. The van der Waals surface area contributed by atoms with E-state index in [1.165, 1.54) is 0 Å². The Morgan fingerprint density at radius 1 is 1.41 bits per heavy atom. The molecule has 0 saturated heterocycles. The van der Waals surface area contributed by atoms with Gasteiger partial charge in [-0.05, 0) is 27.2 Å². The average Bonchev–Trinajstić information content (AvgIpc) is 2.61. The van der Waals surface area contributed by atoms with Gasteiger partial charge in [-0.25, -0.2) is 8.42 Å². The van der Waals surface area contributed by atoms with Crippen LogP contribution in [0.15, 0.2) is 0 Å². The van der Waals surface area contributed by atoms with Gasteiger partial charge in [0.2, 0.25) is 5.91 Å². The van der Waals surface area contributed by atoms with Crippen molar-refractivity contribution in [3.05, 3.63) is 0 Å². The Hall–Kier alpha value is -0.000000000000000111. The molecule has 1 fully saturated rings. The van der Waals surface area contributed by atoms with E-state index in [9.17, 15) is 13.2 Å². The molecule has 4 nitrogen and oxygen atoms in total. The molecule has 1 unspecified atom stereocenters. The van der Waals surface area contributed by atoms with E-state index in [4.69, 9.17) is 23.2 Å². The molecule has 17 heavy (non-hydrogen) atoms. The minimum absolute atomic E-state index is 0.0457. The van der Waals surface area contributed by atoms with Crippen molar-refractivity contribution in [2.75, 3.05) is 12.8 Å². The molecule has 0 heterocycles. The minimum atomic E-state index is -3.23. The van der Waals surface area contributed by atoms with Gasteiger partial charge < -0.3 is 5.32 Å². The molecule has 0 bridgehead atoms. The molecule has 0 aromatic heterocycles. The van der Waals surface area contributed by atoms with Crippen LogP contribution in [0.3, 0.4) is 0 Å².